The van der Waals surface area contributed by atoms with Gasteiger partial charge in [0.1, 0.15) is 6.61 Å². The Labute approximate surface area is 306 Å². The first-order chi connectivity index (χ1) is 24.1. The summed E-state index contributed by atoms with van der Waals surface area (Å²) in [4.78, 5) is 36.8. The van der Waals surface area contributed by atoms with Crippen LogP contribution in [-0.4, -0.2) is 80.6 Å². The van der Waals surface area contributed by atoms with E-state index in [-0.39, 0.29) is 42.7 Å². The highest BCUT2D eigenvalue weighted by atomic mass is 16.6. The topological polar surface area (TPSA) is 99.1 Å². The van der Waals surface area contributed by atoms with Crippen molar-refractivity contribution in [1.82, 2.24) is 0 Å². The van der Waals surface area contributed by atoms with Gasteiger partial charge in [-0.05, 0) is 57.8 Å². The fraction of sp³-hybridized carbons (Fsp3) is 0.786. The largest absolute Gasteiger partial charge is 0.477 e. The second kappa shape index (κ2) is 33.7. The smallest absolute Gasteiger partial charge is 0.362 e. The van der Waals surface area contributed by atoms with Crippen LogP contribution in [0.3, 0.4) is 0 Å². The number of likely N-dealkylation sites (N-methyl/N-ethyl adjacent to an activating group) is 1. The zero-order valence-corrected chi connectivity index (χ0v) is 32.8. The number of esters is 2. The molecule has 0 fully saturated rings. The van der Waals surface area contributed by atoms with Crippen molar-refractivity contribution in [2.24, 2.45) is 0 Å². The first kappa shape index (κ1) is 47.5. The Hall–Kier alpha value is -2.45. The number of aliphatic carboxylic acids is 1. The van der Waals surface area contributed by atoms with Gasteiger partial charge in [-0.2, -0.15) is 0 Å². The van der Waals surface area contributed by atoms with Gasteiger partial charge >= 0.3 is 17.9 Å². The first-order valence-corrected chi connectivity index (χ1v) is 20.0. The minimum atomic E-state index is -0.886. The van der Waals surface area contributed by atoms with Crippen molar-refractivity contribution in [2.45, 2.75) is 174 Å². The Kier molecular flexibility index (Phi) is 32.0. The third-order valence-corrected chi connectivity index (χ3v) is 8.78. The molecule has 0 radical (unpaired) electrons. The number of rotatable bonds is 35. The summed E-state index contributed by atoms with van der Waals surface area (Å²) in [6.45, 7) is 4.63. The molecule has 2 atom stereocenters. The Morgan fingerprint density at radius 3 is 1.64 bits per heavy atom. The van der Waals surface area contributed by atoms with Gasteiger partial charge < -0.3 is 23.8 Å². The van der Waals surface area contributed by atoms with Crippen molar-refractivity contribution in [3.63, 3.8) is 0 Å². The molecule has 2 unspecified atom stereocenters. The lowest BCUT2D eigenvalue weighted by atomic mass is 10.1. The van der Waals surface area contributed by atoms with E-state index in [2.05, 4.69) is 44.2 Å². The van der Waals surface area contributed by atoms with E-state index in [1.807, 2.05) is 27.2 Å². The predicted molar refractivity (Wildman–Crippen MR) is 206 cm³/mol. The minimum absolute atomic E-state index is 0.0345. The number of ether oxygens (including phenoxy) is 3. The van der Waals surface area contributed by atoms with Crippen LogP contribution in [0.25, 0.3) is 0 Å². The SMILES string of the molecule is CCCCCCCC/C=C/C/C=C/CCC(=O)OC(COCCC(C(=O)O)[N+](C)(C)C)COC(=O)CCCCC/C=C/CCCCCCCC. The zero-order valence-electron chi connectivity index (χ0n) is 32.8. The molecule has 0 aromatic rings. The molecular formula is C42H76NO7+. The van der Waals surface area contributed by atoms with Crippen LogP contribution in [0.1, 0.15) is 162 Å². The van der Waals surface area contributed by atoms with Gasteiger partial charge in [0.25, 0.3) is 0 Å². The van der Waals surface area contributed by atoms with E-state index < -0.39 is 18.1 Å². The maximum atomic E-state index is 12.6. The highest BCUT2D eigenvalue weighted by molar-refractivity contribution is 5.72. The molecule has 50 heavy (non-hydrogen) atoms. The number of carbonyl (C=O) groups is 3. The zero-order chi connectivity index (χ0) is 37.1. The normalized spacial score (nSPS) is 13.4. The lowest BCUT2D eigenvalue weighted by molar-refractivity contribution is -0.887. The van der Waals surface area contributed by atoms with Crippen LogP contribution in [-0.2, 0) is 28.6 Å². The van der Waals surface area contributed by atoms with E-state index in [1.165, 1.54) is 77.0 Å². The van der Waals surface area contributed by atoms with Gasteiger partial charge in [0, 0.05) is 19.3 Å². The number of allylic oxidation sites excluding steroid dienone is 6. The Balaban J connectivity index is 4.51. The summed E-state index contributed by atoms with van der Waals surface area (Å²) in [5, 5.41) is 9.58. The molecule has 0 aliphatic rings. The van der Waals surface area contributed by atoms with Gasteiger partial charge in [-0.3, -0.25) is 9.59 Å². The maximum absolute atomic E-state index is 12.6. The Morgan fingerprint density at radius 1 is 0.600 bits per heavy atom. The summed E-state index contributed by atoms with van der Waals surface area (Å²) < 4.78 is 17.1. The molecule has 0 amide bonds. The molecule has 0 saturated heterocycles. The third-order valence-electron chi connectivity index (χ3n) is 8.78. The van der Waals surface area contributed by atoms with Gasteiger partial charge in [0.2, 0.25) is 0 Å². The van der Waals surface area contributed by atoms with Crippen molar-refractivity contribution >= 4 is 17.9 Å². The standard InChI is InChI=1S/C42H75NO7/c1-6-8-10-12-14-16-18-20-22-24-26-28-30-32-40(44)49-37-38(36-48-35-34-39(42(46)47)43(3,4)5)50-41(45)33-31-29-27-25-23-21-19-17-15-13-11-9-7-2/h20-23,27,29,38-39H,6-19,24-26,28,30-37H2,1-5H3/p+1/b22-20+,23-21+,29-27+. The molecule has 0 heterocycles. The summed E-state index contributed by atoms with van der Waals surface area (Å²) in [7, 11) is 5.49. The van der Waals surface area contributed by atoms with Crippen molar-refractivity contribution in [1.29, 1.82) is 0 Å². The molecule has 0 aromatic carbocycles. The van der Waals surface area contributed by atoms with Gasteiger partial charge in [-0.15, -0.1) is 0 Å². The van der Waals surface area contributed by atoms with E-state index in [4.69, 9.17) is 14.2 Å². The summed E-state index contributed by atoms with van der Waals surface area (Å²) in [5.74, 6) is -1.58. The van der Waals surface area contributed by atoms with Crippen LogP contribution in [0.4, 0.5) is 0 Å². The van der Waals surface area contributed by atoms with Gasteiger partial charge in [-0.25, -0.2) is 4.79 Å². The number of carbonyl (C=O) groups excluding carboxylic acids is 2. The molecule has 0 rings (SSSR count). The summed E-state index contributed by atoms with van der Waals surface area (Å²) in [5.41, 5.74) is 0. The first-order valence-electron chi connectivity index (χ1n) is 20.0. The summed E-state index contributed by atoms with van der Waals surface area (Å²) in [6, 6.07) is -0.623. The maximum Gasteiger partial charge on any atom is 0.362 e. The van der Waals surface area contributed by atoms with Crippen LogP contribution >= 0.6 is 0 Å². The fourth-order valence-electron chi connectivity index (χ4n) is 5.61. The number of carboxylic acids is 1. The molecule has 0 aromatic heterocycles. The van der Waals surface area contributed by atoms with Crippen LogP contribution < -0.4 is 0 Å². The van der Waals surface area contributed by atoms with E-state index in [9.17, 15) is 19.5 Å². The molecule has 290 valence electrons. The number of carboxylic acid groups (broad SMARTS) is 1. The molecule has 0 spiro atoms. The molecule has 0 bridgehead atoms. The van der Waals surface area contributed by atoms with Crippen LogP contribution in [0.2, 0.25) is 0 Å². The van der Waals surface area contributed by atoms with Crippen LogP contribution in [0.5, 0.6) is 0 Å². The monoisotopic (exact) mass is 707 g/mol. The number of quaternary nitrogens is 1. The van der Waals surface area contributed by atoms with Crippen LogP contribution in [0, 0.1) is 0 Å². The fourth-order valence-corrected chi connectivity index (χ4v) is 5.61. The summed E-state index contributed by atoms with van der Waals surface area (Å²) >= 11 is 0. The quantitative estimate of drug-likeness (QED) is 0.0303. The molecule has 0 aliphatic heterocycles. The van der Waals surface area contributed by atoms with E-state index in [1.54, 1.807) is 0 Å². The van der Waals surface area contributed by atoms with E-state index in [0.717, 1.165) is 44.9 Å². The predicted octanol–water partition coefficient (Wildman–Crippen LogP) is 10.3. The van der Waals surface area contributed by atoms with Crippen molar-refractivity contribution < 1.29 is 38.2 Å². The van der Waals surface area contributed by atoms with Gasteiger partial charge in [0.05, 0.1) is 34.4 Å². The van der Waals surface area contributed by atoms with Crippen molar-refractivity contribution in [3.05, 3.63) is 36.5 Å². The second-order valence-electron chi connectivity index (χ2n) is 14.5. The van der Waals surface area contributed by atoms with Gasteiger partial charge in [0.15, 0.2) is 12.1 Å². The average Bonchev–Trinajstić information content (AvgIpc) is 3.06. The molecule has 1 N–H and O–H groups in total. The lowest BCUT2D eigenvalue weighted by Gasteiger charge is -2.31. The number of hydrogen-bond donors (Lipinski definition) is 1. The number of nitrogens with zero attached hydrogens (tertiary/aromatic N) is 1. The molecule has 0 aliphatic carbocycles. The molecule has 0 saturated carbocycles. The van der Waals surface area contributed by atoms with Crippen molar-refractivity contribution in [3.8, 4) is 0 Å². The number of unbranched alkanes of at least 4 members (excludes halogenated alkanes) is 15. The number of hydrogen-bond acceptors (Lipinski definition) is 6. The highest BCUT2D eigenvalue weighted by Gasteiger charge is 2.31. The summed E-state index contributed by atoms with van der Waals surface area (Å²) in [6.07, 6.45) is 36.3. The van der Waals surface area contributed by atoms with E-state index >= 15 is 0 Å². The Bertz CT molecular complexity index is 922. The minimum Gasteiger partial charge on any atom is -0.477 e. The second-order valence-corrected chi connectivity index (χ2v) is 14.5. The van der Waals surface area contributed by atoms with Crippen LogP contribution in [0.15, 0.2) is 36.5 Å². The molecular weight excluding hydrogens is 630 g/mol. The average molecular weight is 707 g/mol. The molecule has 8 nitrogen and oxygen atoms in total. The van der Waals surface area contributed by atoms with Gasteiger partial charge in [-0.1, -0.05) is 121 Å². The van der Waals surface area contributed by atoms with E-state index in [0.29, 0.717) is 19.3 Å². The lowest BCUT2D eigenvalue weighted by Crippen LogP contribution is -2.50. The Morgan fingerprint density at radius 2 is 1.10 bits per heavy atom. The van der Waals surface area contributed by atoms with Crippen molar-refractivity contribution in [2.75, 3.05) is 41.0 Å². The molecule has 8 heteroatoms. The third kappa shape index (κ3) is 31.5. The highest BCUT2D eigenvalue weighted by Crippen LogP contribution is 2.12.